The minimum Gasteiger partial charge on any atom is -0.548 e. The second-order valence-electron chi connectivity index (χ2n) is 4.90. The summed E-state index contributed by atoms with van der Waals surface area (Å²) in [5.41, 5.74) is 7.15. The molecule has 1 aromatic rings. The highest BCUT2D eigenvalue weighted by atomic mass is 16.6. The van der Waals surface area contributed by atoms with Crippen molar-refractivity contribution in [2.75, 3.05) is 33.0 Å². The third kappa shape index (κ3) is 7.81. The van der Waals surface area contributed by atoms with E-state index in [2.05, 4.69) is 10.0 Å². The van der Waals surface area contributed by atoms with Gasteiger partial charge in [-0.25, -0.2) is 5.84 Å². The number of carbonyl (C=O) groups excluding carboxylic acids is 2. The van der Waals surface area contributed by atoms with Crippen LogP contribution in [0.4, 0.5) is 0 Å². The third-order valence-corrected chi connectivity index (χ3v) is 3.02. The Morgan fingerprint density at radius 1 is 1.42 bits per heavy atom. The molecule has 0 saturated heterocycles. The molecule has 0 saturated carbocycles. The van der Waals surface area contributed by atoms with Crippen molar-refractivity contribution in [1.82, 2.24) is 9.92 Å². The van der Waals surface area contributed by atoms with E-state index < -0.39 is 18.8 Å². The molecule has 11 nitrogen and oxygen atoms in total. The number of hydrogen-bond acceptors (Lipinski definition) is 9. The van der Waals surface area contributed by atoms with Crippen LogP contribution in [0.3, 0.4) is 0 Å². The molecule has 0 aliphatic heterocycles. The number of hydrazine groups is 1. The maximum Gasteiger partial charge on any atom is 0.267 e. The van der Waals surface area contributed by atoms with Crippen LogP contribution in [0.15, 0.2) is 29.4 Å². The summed E-state index contributed by atoms with van der Waals surface area (Å²) in [7, 11) is 0. The minimum absolute atomic E-state index is 0.00530. The minimum atomic E-state index is -1.33. The monoisotopic (exact) mass is 367 g/mol. The largest absolute Gasteiger partial charge is 0.548 e. The number of benzene rings is 1. The standard InChI is InChI=1S/C15H21N5O6/c1-2-20(17)15(23)11-4-3-5-12(8-11)26-9-13(18-19-16)25-7-6-24-10-14(21)22/h3-5,8,13,16H,2,6-7,9-10,17H2,1H3. The van der Waals surface area contributed by atoms with E-state index in [0.717, 1.165) is 5.01 Å². The van der Waals surface area contributed by atoms with Gasteiger partial charge in [0.25, 0.3) is 12.1 Å². The number of carboxylic acid groups (broad SMARTS) is 1. The lowest BCUT2D eigenvalue weighted by Gasteiger charge is -2.15. The Morgan fingerprint density at radius 2 is 2.19 bits per heavy atom. The molecule has 0 aromatic heterocycles. The molecule has 0 spiro atoms. The molecule has 0 bridgehead atoms. The molecule has 0 aliphatic rings. The first-order valence-corrected chi connectivity index (χ1v) is 7.73. The van der Waals surface area contributed by atoms with Crippen molar-refractivity contribution in [2.45, 2.75) is 13.2 Å². The molecular formula is C15H21N5O6. The summed E-state index contributed by atoms with van der Waals surface area (Å²) in [4.78, 5) is 25.1. The lowest BCUT2D eigenvalue weighted by molar-refractivity contribution is -0.309. The van der Waals surface area contributed by atoms with Gasteiger partial charge in [0.05, 0.1) is 25.8 Å². The van der Waals surface area contributed by atoms with E-state index in [4.69, 9.17) is 25.6 Å². The number of aliphatic carboxylic acids is 1. The molecule has 3 N–H and O–H groups in total. The fourth-order valence-corrected chi connectivity index (χ4v) is 1.77. The molecule has 1 amide bonds. The van der Waals surface area contributed by atoms with Crippen molar-refractivity contribution in [3.63, 3.8) is 0 Å². The number of carboxylic acids is 1. The molecule has 11 heteroatoms. The number of rotatable bonds is 12. The number of ether oxygens (including phenoxy) is 3. The second kappa shape index (κ2) is 11.7. The van der Waals surface area contributed by atoms with E-state index in [1.807, 2.05) is 0 Å². The van der Waals surface area contributed by atoms with Gasteiger partial charge < -0.3 is 24.1 Å². The quantitative estimate of drug-likeness (QED) is 0.120. The summed E-state index contributed by atoms with van der Waals surface area (Å²) < 4.78 is 15.5. The number of nitrogens with one attached hydrogen (secondary N) is 1. The molecule has 26 heavy (non-hydrogen) atoms. The lowest BCUT2D eigenvalue weighted by Crippen LogP contribution is -2.37. The molecular weight excluding hydrogens is 346 g/mol. The first-order valence-electron chi connectivity index (χ1n) is 7.73. The summed E-state index contributed by atoms with van der Waals surface area (Å²) in [6.07, 6.45) is -0.889. The average Bonchev–Trinajstić information content (AvgIpc) is 2.64. The molecule has 0 heterocycles. The van der Waals surface area contributed by atoms with Gasteiger partial charge in [0.2, 0.25) is 4.91 Å². The average molecular weight is 367 g/mol. The Kier molecular flexibility index (Phi) is 9.50. The van der Waals surface area contributed by atoms with Crippen LogP contribution in [0, 0.1) is 5.53 Å². The van der Waals surface area contributed by atoms with Crippen LogP contribution in [0.25, 0.3) is 0 Å². The zero-order chi connectivity index (χ0) is 19.4. The van der Waals surface area contributed by atoms with Crippen LogP contribution < -0.4 is 20.6 Å². The zero-order valence-electron chi connectivity index (χ0n) is 14.3. The Bertz CT molecular complexity index is 649. The maximum absolute atomic E-state index is 12.0. The number of hydrogen-bond donors (Lipinski definition) is 2. The SMILES string of the molecule is CCN(N)C(=O)c1cccc(OCC(N=[N+]=N)OCCOCC(=O)[O-])c1. The normalized spacial score (nSPS) is 11.3. The van der Waals surface area contributed by atoms with Crippen LogP contribution in [0.5, 0.6) is 5.75 Å². The molecule has 1 rings (SSSR count). The van der Waals surface area contributed by atoms with E-state index in [-0.39, 0.29) is 25.7 Å². The van der Waals surface area contributed by atoms with Crippen molar-refractivity contribution in [3.8, 4) is 5.75 Å². The van der Waals surface area contributed by atoms with Gasteiger partial charge in [-0.1, -0.05) is 6.07 Å². The van der Waals surface area contributed by atoms with Gasteiger partial charge in [0.1, 0.15) is 17.9 Å². The Morgan fingerprint density at radius 3 is 2.85 bits per heavy atom. The summed E-state index contributed by atoms with van der Waals surface area (Å²) in [6.45, 7) is 1.54. The van der Waals surface area contributed by atoms with Crippen LogP contribution in [0.1, 0.15) is 17.3 Å². The molecule has 1 unspecified atom stereocenters. The fourth-order valence-electron chi connectivity index (χ4n) is 1.77. The highest BCUT2D eigenvalue weighted by molar-refractivity contribution is 5.94. The highest BCUT2D eigenvalue weighted by Gasteiger charge is 2.16. The van der Waals surface area contributed by atoms with Crippen molar-refractivity contribution in [1.29, 1.82) is 5.53 Å². The molecule has 1 aromatic carbocycles. The van der Waals surface area contributed by atoms with Crippen molar-refractivity contribution in [2.24, 2.45) is 11.0 Å². The van der Waals surface area contributed by atoms with E-state index in [1.54, 1.807) is 25.1 Å². The van der Waals surface area contributed by atoms with Crippen LogP contribution in [-0.4, -0.2) is 56.1 Å². The van der Waals surface area contributed by atoms with Gasteiger partial charge in [-0.15, -0.1) is 0 Å². The van der Waals surface area contributed by atoms with E-state index in [9.17, 15) is 14.7 Å². The predicted octanol–water partition coefficient (Wildman–Crippen LogP) is -0.939. The lowest BCUT2D eigenvalue weighted by atomic mass is 10.2. The predicted molar refractivity (Wildman–Crippen MR) is 85.7 cm³/mol. The maximum atomic E-state index is 12.0. The number of amides is 1. The van der Waals surface area contributed by atoms with Gasteiger partial charge in [-0.05, 0) is 25.1 Å². The Labute approximate surface area is 149 Å². The Hall–Kier alpha value is -2.85. The van der Waals surface area contributed by atoms with Gasteiger partial charge in [0.15, 0.2) is 5.11 Å². The smallest absolute Gasteiger partial charge is 0.267 e. The van der Waals surface area contributed by atoms with Gasteiger partial charge in [-0.3, -0.25) is 9.80 Å². The molecule has 1 atom stereocenters. The van der Waals surface area contributed by atoms with Crippen LogP contribution >= 0.6 is 0 Å². The van der Waals surface area contributed by atoms with Crippen molar-refractivity contribution in [3.05, 3.63) is 29.8 Å². The van der Waals surface area contributed by atoms with Crippen LogP contribution in [0.2, 0.25) is 0 Å². The number of nitrogens with two attached hydrogens (primary N) is 1. The summed E-state index contributed by atoms with van der Waals surface area (Å²) in [6, 6.07) is 6.41. The molecule has 0 aliphatic carbocycles. The summed E-state index contributed by atoms with van der Waals surface area (Å²) >= 11 is 0. The molecule has 0 radical (unpaired) electrons. The van der Waals surface area contributed by atoms with Crippen molar-refractivity contribution < 1.29 is 28.9 Å². The fraction of sp³-hybridized carbons (Fsp3) is 0.467. The highest BCUT2D eigenvalue weighted by Crippen LogP contribution is 2.15. The van der Waals surface area contributed by atoms with E-state index in [0.29, 0.717) is 17.9 Å². The van der Waals surface area contributed by atoms with Crippen LogP contribution in [-0.2, 0) is 14.3 Å². The summed E-state index contributed by atoms with van der Waals surface area (Å²) in [5, 5.41) is 14.8. The molecule has 142 valence electrons. The zero-order valence-corrected chi connectivity index (χ0v) is 14.3. The number of carbonyl (C=O) groups is 2. The van der Waals surface area contributed by atoms with E-state index >= 15 is 0 Å². The van der Waals surface area contributed by atoms with Gasteiger partial charge >= 0.3 is 0 Å². The third-order valence-electron chi connectivity index (χ3n) is 3.02. The van der Waals surface area contributed by atoms with Gasteiger partial charge in [-0.2, -0.15) is 0 Å². The summed E-state index contributed by atoms with van der Waals surface area (Å²) in [5.74, 6) is 4.30. The number of nitrogens with zero attached hydrogens (tertiary/aromatic N) is 3. The van der Waals surface area contributed by atoms with Crippen molar-refractivity contribution >= 4 is 11.9 Å². The topological polar surface area (TPSA) is 164 Å². The van der Waals surface area contributed by atoms with E-state index in [1.165, 1.54) is 6.07 Å². The Balaban J connectivity index is 2.54. The van der Waals surface area contributed by atoms with Gasteiger partial charge in [0, 0.05) is 12.1 Å². The second-order valence-corrected chi connectivity index (χ2v) is 4.90. The first-order chi connectivity index (χ1) is 12.5. The molecule has 0 fully saturated rings. The first kappa shape index (κ1) is 21.2.